The molecule has 0 bridgehead atoms. The number of fused-ring (bicyclic) bond motifs is 1. The molecule has 4 rings (SSSR count). The average Bonchev–Trinajstić information content (AvgIpc) is 3.30. The normalized spacial score (nSPS) is 15.5. The van der Waals surface area contributed by atoms with Crippen LogP contribution in [0.2, 0.25) is 0 Å². The fourth-order valence-electron chi connectivity index (χ4n) is 3.63. The van der Waals surface area contributed by atoms with Crippen molar-refractivity contribution in [3.63, 3.8) is 0 Å². The molecule has 1 amide bonds. The molecule has 0 radical (unpaired) electrons. The number of H-pyrrole nitrogens is 2. The maximum absolute atomic E-state index is 12.2. The first-order chi connectivity index (χ1) is 12.3. The van der Waals surface area contributed by atoms with Gasteiger partial charge in [-0.2, -0.15) is 0 Å². The Kier molecular flexibility index (Phi) is 4.78. The second-order valence-corrected chi connectivity index (χ2v) is 7.57. The first-order valence-corrected chi connectivity index (χ1v) is 9.96. The van der Waals surface area contributed by atoms with Gasteiger partial charge in [0, 0.05) is 23.6 Å². The highest BCUT2D eigenvalue weighted by Crippen LogP contribution is 2.27. The Morgan fingerprint density at radius 1 is 1.32 bits per heavy atom. The van der Waals surface area contributed by atoms with Gasteiger partial charge in [-0.15, -0.1) is 11.3 Å². The van der Waals surface area contributed by atoms with E-state index < -0.39 is 0 Å². The summed E-state index contributed by atoms with van der Waals surface area (Å²) in [6, 6.07) is 5.90. The summed E-state index contributed by atoms with van der Waals surface area (Å²) in [7, 11) is 0. The van der Waals surface area contributed by atoms with Crippen LogP contribution in [0.5, 0.6) is 0 Å². The van der Waals surface area contributed by atoms with E-state index in [1.807, 2.05) is 29.1 Å². The molecule has 3 aromatic rings. The van der Waals surface area contributed by atoms with Crippen molar-refractivity contribution < 1.29 is 9.78 Å². The summed E-state index contributed by atoms with van der Waals surface area (Å²) < 4.78 is 0. The topological polar surface area (TPSA) is 71.9 Å². The third-order valence-electron chi connectivity index (χ3n) is 5.02. The lowest BCUT2D eigenvalue weighted by molar-refractivity contribution is -0.330. The molecule has 2 heterocycles. The van der Waals surface area contributed by atoms with Crippen LogP contribution in [0, 0.1) is 5.92 Å². The van der Waals surface area contributed by atoms with Crippen LogP contribution in [0.15, 0.2) is 29.1 Å². The standard InChI is InChI=1S/C19H22N4OS/c24-18(9-6-13-4-2-1-3-5-13)21-14-7-8-15-16(10-14)23-19(22-15)17-11-25-12-20-17/h7-8,10-13H,1-6,9H2,(H,21,24)(H,22,23)/p+1. The van der Waals surface area contributed by atoms with E-state index in [1.165, 1.54) is 32.1 Å². The number of nitrogens with one attached hydrogen (secondary N) is 3. The highest BCUT2D eigenvalue weighted by Gasteiger charge is 2.16. The monoisotopic (exact) mass is 355 g/mol. The second kappa shape index (κ2) is 7.35. The predicted octanol–water partition coefficient (Wildman–Crippen LogP) is 4.40. The Balaban J connectivity index is 1.40. The Bertz CT molecular complexity index is 850. The molecule has 0 unspecified atom stereocenters. The van der Waals surface area contributed by atoms with Gasteiger partial charge in [-0.05, 0) is 24.5 Å². The zero-order valence-corrected chi connectivity index (χ0v) is 15.0. The molecule has 5 nitrogen and oxygen atoms in total. The molecule has 1 aromatic carbocycles. The summed E-state index contributed by atoms with van der Waals surface area (Å²) in [6.45, 7) is 0. The van der Waals surface area contributed by atoms with Gasteiger partial charge in [0.1, 0.15) is 0 Å². The number of anilines is 1. The van der Waals surface area contributed by atoms with Crippen molar-refractivity contribution in [2.45, 2.75) is 44.9 Å². The quantitative estimate of drug-likeness (QED) is 0.712. The number of benzene rings is 1. The number of carbonyl (C=O) groups excluding carboxylic acids is 1. The number of carbonyl (C=O) groups is 1. The SMILES string of the molecule is O=C(CCC1CCCCC1)Nc1ccc2[nH+]c(-c3cscn3)[nH]c2c1. The van der Waals surface area contributed by atoms with E-state index in [9.17, 15) is 4.79 Å². The summed E-state index contributed by atoms with van der Waals surface area (Å²) in [6.07, 6.45) is 8.22. The molecule has 6 heteroatoms. The van der Waals surface area contributed by atoms with E-state index in [4.69, 9.17) is 0 Å². The van der Waals surface area contributed by atoms with Gasteiger partial charge in [0.15, 0.2) is 16.7 Å². The lowest BCUT2D eigenvalue weighted by atomic mass is 9.86. The van der Waals surface area contributed by atoms with Crippen molar-refractivity contribution in [1.82, 2.24) is 9.97 Å². The highest BCUT2D eigenvalue weighted by molar-refractivity contribution is 7.07. The zero-order valence-electron chi connectivity index (χ0n) is 14.2. The number of nitrogens with zero attached hydrogens (tertiary/aromatic N) is 1. The van der Waals surface area contributed by atoms with Crippen LogP contribution in [-0.2, 0) is 4.79 Å². The summed E-state index contributed by atoms with van der Waals surface area (Å²) in [5, 5.41) is 5.03. The number of thiazole rings is 1. The predicted molar refractivity (Wildman–Crippen MR) is 100 cm³/mol. The van der Waals surface area contributed by atoms with Gasteiger partial charge in [0.25, 0.3) is 0 Å². The highest BCUT2D eigenvalue weighted by atomic mass is 32.1. The van der Waals surface area contributed by atoms with Crippen LogP contribution in [0.1, 0.15) is 44.9 Å². The minimum Gasteiger partial charge on any atom is -0.326 e. The van der Waals surface area contributed by atoms with Gasteiger partial charge in [-0.3, -0.25) is 4.79 Å². The van der Waals surface area contributed by atoms with Crippen molar-refractivity contribution in [2.24, 2.45) is 5.92 Å². The largest absolute Gasteiger partial charge is 0.326 e. The fourth-order valence-corrected chi connectivity index (χ4v) is 4.18. The number of imidazole rings is 1. The van der Waals surface area contributed by atoms with E-state index in [1.54, 1.807) is 11.3 Å². The molecule has 0 atom stereocenters. The molecule has 1 saturated carbocycles. The first-order valence-electron chi connectivity index (χ1n) is 9.01. The number of hydrogen-bond donors (Lipinski definition) is 2. The molecule has 1 aliphatic rings. The Morgan fingerprint density at radius 2 is 2.20 bits per heavy atom. The molecule has 0 spiro atoms. The third-order valence-corrected chi connectivity index (χ3v) is 5.60. The first kappa shape index (κ1) is 16.3. The van der Waals surface area contributed by atoms with Crippen LogP contribution in [-0.4, -0.2) is 15.9 Å². The van der Waals surface area contributed by atoms with Crippen LogP contribution in [0.3, 0.4) is 0 Å². The Labute approximate surface area is 150 Å². The van der Waals surface area contributed by atoms with Crippen molar-refractivity contribution in [1.29, 1.82) is 0 Å². The van der Waals surface area contributed by atoms with Gasteiger partial charge >= 0.3 is 5.82 Å². The fraction of sp³-hybridized carbons (Fsp3) is 0.421. The maximum atomic E-state index is 12.2. The molecule has 1 aliphatic carbocycles. The number of aromatic nitrogens is 3. The van der Waals surface area contributed by atoms with Crippen LogP contribution < -0.4 is 10.3 Å². The van der Waals surface area contributed by atoms with Crippen molar-refractivity contribution in [3.8, 4) is 11.5 Å². The van der Waals surface area contributed by atoms with Gasteiger partial charge in [-0.1, -0.05) is 32.1 Å². The van der Waals surface area contributed by atoms with E-state index in [-0.39, 0.29) is 5.91 Å². The molecule has 1 fully saturated rings. The van der Waals surface area contributed by atoms with E-state index in [0.29, 0.717) is 6.42 Å². The van der Waals surface area contributed by atoms with Crippen molar-refractivity contribution in [2.75, 3.05) is 5.32 Å². The number of amides is 1. The van der Waals surface area contributed by atoms with Gasteiger partial charge < -0.3 is 5.32 Å². The Hall–Kier alpha value is -2.21. The molecule has 130 valence electrons. The Morgan fingerprint density at radius 3 is 3.00 bits per heavy atom. The van der Waals surface area contributed by atoms with Crippen molar-refractivity contribution >= 4 is 34.0 Å². The van der Waals surface area contributed by atoms with Crippen LogP contribution in [0.4, 0.5) is 5.69 Å². The zero-order chi connectivity index (χ0) is 17.1. The van der Waals surface area contributed by atoms with Gasteiger partial charge in [-0.25, -0.2) is 15.0 Å². The number of hydrogen-bond acceptors (Lipinski definition) is 3. The summed E-state index contributed by atoms with van der Waals surface area (Å²) >= 11 is 1.56. The molecule has 0 aliphatic heterocycles. The molecular weight excluding hydrogens is 332 g/mol. The maximum Gasteiger partial charge on any atom is 0.305 e. The second-order valence-electron chi connectivity index (χ2n) is 6.85. The summed E-state index contributed by atoms with van der Waals surface area (Å²) in [4.78, 5) is 23.2. The number of rotatable bonds is 5. The molecular formula is C19H23N4OS+. The van der Waals surface area contributed by atoms with Crippen LogP contribution in [0.25, 0.3) is 22.6 Å². The molecule has 0 saturated heterocycles. The lowest BCUT2D eigenvalue weighted by Crippen LogP contribution is -2.14. The minimum absolute atomic E-state index is 0.111. The van der Waals surface area contributed by atoms with Gasteiger partial charge in [0.05, 0.1) is 5.51 Å². The van der Waals surface area contributed by atoms with Crippen LogP contribution >= 0.6 is 11.3 Å². The average molecular weight is 355 g/mol. The van der Waals surface area contributed by atoms with Crippen molar-refractivity contribution in [3.05, 3.63) is 29.1 Å². The minimum atomic E-state index is 0.111. The third kappa shape index (κ3) is 3.90. The summed E-state index contributed by atoms with van der Waals surface area (Å²) in [5.74, 6) is 1.73. The summed E-state index contributed by atoms with van der Waals surface area (Å²) in [5.41, 5.74) is 5.52. The van der Waals surface area contributed by atoms with E-state index in [0.717, 1.165) is 40.6 Å². The number of aromatic amines is 2. The van der Waals surface area contributed by atoms with Gasteiger partial charge in [0.2, 0.25) is 5.91 Å². The molecule has 25 heavy (non-hydrogen) atoms. The molecule has 3 N–H and O–H groups in total. The lowest BCUT2D eigenvalue weighted by Gasteiger charge is -2.20. The smallest absolute Gasteiger partial charge is 0.305 e. The van der Waals surface area contributed by atoms with E-state index >= 15 is 0 Å². The molecule has 2 aromatic heterocycles. The van der Waals surface area contributed by atoms with E-state index in [2.05, 4.69) is 20.3 Å².